The summed E-state index contributed by atoms with van der Waals surface area (Å²) in [7, 11) is 0. The summed E-state index contributed by atoms with van der Waals surface area (Å²) in [6.45, 7) is -1.84. The van der Waals surface area contributed by atoms with Gasteiger partial charge in [-0.25, -0.2) is 0 Å². The Hall–Kier alpha value is -1.75. The van der Waals surface area contributed by atoms with Crippen molar-refractivity contribution in [1.82, 2.24) is 0 Å². The molecule has 0 amide bonds. The zero-order valence-corrected chi connectivity index (χ0v) is 16.6. The average molecular weight is 462 g/mol. The summed E-state index contributed by atoms with van der Waals surface area (Å²) in [6, 6.07) is 5.24. The van der Waals surface area contributed by atoms with Gasteiger partial charge in [-0.05, 0) is 12.1 Å². The Kier molecular flexibility index (Phi) is 7.48. The number of Topliss-reactive ketones (excluding diaryl/α,β-unsaturated/α-hetero) is 1. The van der Waals surface area contributed by atoms with Gasteiger partial charge in [0.2, 0.25) is 5.79 Å². The van der Waals surface area contributed by atoms with Crippen LogP contribution in [0.1, 0.15) is 10.4 Å². The van der Waals surface area contributed by atoms with Crippen molar-refractivity contribution >= 4 is 5.78 Å². The van der Waals surface area contributed by atoms with Crippen molar-refractivity contribution < 1.29 is 65.0 Å². The van der Waals surface area contributed by atoms with E-state index in [-0.39, 0.29) is 5.56 Å². The van der Waals surface area contributed by atoms with E-state index >= 15 is 0 Å². The summed E-state index contributed by atoms with van der Waals surface area (Å²) >= 11 is 0. The van der Waals surface area contributed by atoms with Crippen molar-refractivity contribution in [3.8, 4) is 5.75 Å². The Morgan fingerprint density at radius 1 is 1.03 bits per heavy atom. The van der Waals surface area contributed by atoms with E-state index in [2.05, 4.69) is 0 Å². The molecule has 1 aromatic carbocycles. The summed E-state index contributed by atoms with van der Waals surface area (Å²) in [4.78, 5) is 12.6. The van der Waals surface area contributed by atoms with Crippen molar-refractivity contribution in [1.29, 1.82) is 0 Å². The van der Waals surface area contributed by atoms with E-state index in [0.29, 0.717) is 0 Å². The van der Waals surface area contributed by atoms with E-state index in [0.717, 1.165) is 0 Å². The standard InChI is InChI=1S/C19H26O13/c20-5-9-11(24)17(29)19(6-21,31-9)32-18-15(28)12(25)14(27)16(30-18)13(26)10(23)7-3-1-2-4-8(7)22/h1-4,9,11-18,20-22,24-29H,5-6H2/t9-,11-,12+,13?,14+,15-,16-,17+,18-,19?/m1/s1. The van der Waals surface area contributed by atoms with E-state index in [4.69, 9.17) is 14.2 Å². The molecule has 180 valence electrons. The first kappa shape index (κ1) is 24.9. The molecule has 32 heavy (non-hydrogen) atoms. The average Bonchev–Trinajstić information content (AvgIpc) is 3.03. The molecule has 0 aromatic heterocycles. The molecule has 2 unspecified atom stereocenters. The van der Waals surface area contributed by atoms with Gasteiger partial charge in [-0.1, -0.05) is 12.1 Å². The van der Waals surface area contributed by atoms with Crippen molar-refractivity contribution in [2.75, 3.05) is 13.2 Å². The number of para-hydroxylation sites is 1. The van der Waals surface area contributed by atoms with Crippen LogP contribution in [-0.4, -0.2) is 126 Å². The van der Waals surface area contributed by atoms with Crippen LogP contribution in [0.2, 0.25) is 0 Å². The maximum atomic E-state index is 12.6. The second-order valence-corrected chi connectivity index (χ2v) is 7.63. The first-order chi connectivity index (χ1) is 15.1. The fourth-order valence-electron chi connectivity index (χ4n) is 3.69. The van der Waals surface area contributed by atoms with Gasteiger partial charge < -0.3 is 60.2 Å². The zero-order valence-electron chi connectivity index (χ0n) is 16.6. The highest BCUT2D eigenvalue weighted by molar-refractivity contribution is 6.02. The number of aliphatic hydroxyl groups excluding tert-OH is 8. The lowest BCUT2D eigenvalue weighted by Crippen LogP contribution is -2.64. The van der Waals surface area contributed by atoms with Gasteiger partial charge in [0.05, 0.1) is 12.2 Å². The Morgan fingerprint density at radius 3 is 2.25 bits per heavy atom. The number of aromatic hydroxyl groups is 1. The number of carbonyl (C=O) groups excluding carboxylic acids is 1. The Morgan fingerprint density at radius 2 is 1.69 bits per heavy atom. The molecular formula is C19H26O13. The SMILES string of the molecule is O=C(c1ccccc1O)C(O)[C@H]1O[C@H](OC2(CO)O[C@H](CO)[C@@H](O)[C@@H]2O)[C@H](O)[C@@H](O)[C@@H]1O. The molecule has 2 aliphatic rings. The molecule has 2 aliphatic heterocycles. The number of hydrogen-bond donors (Lipinski definition) is 9. The molecule has 0 aliphatic carbocycles. The van der Waals surface area contributed by atoms with Crippen LogP contribution >= 0.6 is 0 Å². The number of phenolic OH excluding ortho intramolecular Hbond substituents is 1. The van der Waals surface area contributed by atoms with E-state index in [9.17, 15) is 50.8 Å². The van der Waals surface area contributed by atoms with Gasteiger partial charge in [0, 0.05) is 0 Å². The van der Waals surface area contributed by atoms with Gasteiger partial charge >= 0.3 is 0 Å². The number of benzene rings is 1. The summed E-state index contributed by atoms with van der Waals surface area (Å²) < 4.78 is 15.8. The monoisotopic (exact) mass is 462 g/mol. The highest BCUT2D eigenvalue weighted by Crippen LogP contribution is 2.36. The molecule has 2 heterocycles. The lowest BCUT2D eigenvalue weighted by atomic mass is 9.91. The first-order valence-electron chi connectivity index (χ1n) is 9.71. The predicted octanol–water partition coefficient (Wildman–Crippen LogP) is -4.44. The Bertz CT molecular complexity index is 805. The lowest BCUT2D eigenvalue weighted by Gasteiger charge is -2.44. The highest BCUT2D eigenvalue weighted by Gasteiger charge is 2.59. The predicted molar refractivity (Wildman–Crippen MR) is 100.0 cm³/mol. The number of carbonyl (C=O) groups is 1. The third kappa shape index (κ3) is 4.25. The molecule has 0 saturated carbocycles. The molecule has 9 N–H and O–H groups in total. The lowest BCUT2D eigenvalue weighted by molar-refractivity contribution is -0.385. The van der Waals surface area contributed by atoms with Crippen molar-refractivity contribution in [3.63, 3.8) is 0 Å². The van der Waals surface area contributed by atoms with Gasteiger partial charge in [-0.2, -0.15) is 0 Å². The van der Waals surface area contributed by atoms with Gasteiger partial charge in [-0.15, -0.1) is 0 Å². The molecule has 10 atom stereocenters. The molecule has 3 rings (SSSR count). The molecular weight excluding hydrogens is 436 g/mol. The maximum Gasteiger partial charge on any atom is 0.224 e. The van der Waals surface area contributed by atoms with Gasteiger partial charge in [0.15, 0.2) is 12.1 Å². The number of rotatable bonds is 7. The smallest absolute Gasteiger partial charge is 0.224 e. The Balaban J connectivity index is 1.84. The summed E-state index contributed by atoms with van der Waals surface area (Å²) in [5, 5.41) is 90.2. The second kappa shape index (κ2) is 9.62. The number of ketones is 1. The molecule has 13 nitrogen and oxygen atoms in total. The largest absolute Gasteiger partial charge is 0.507 e. The minimum atomic E-state index is -2.41. The summed E-state index contributed by atoms with van der Waals surface area (Å²) in [5.74, 6) is -3.93. The molecule has 1 aromatic rings. The minimum Gasteiger partial charge on any atom is -0.507 e. The van der Waals surface area contributed by atoms with Crippen LogP contribution in [-0.2, 0) is 14.2 Å². The quantitative estimate of drug-likeness (QED) is 0.175. The van der Waals surface area contributed by atoms with Crippen LogP contribution in [0.15, 0.2) is 24.3 Å². The minimum absolute atomic E-state index is 0.302. The van der Waals surface area contributed by atoms with Crippen LogP contribution in [0.3, 0.4) is 0 Å². The molecule has 0 radical (unpaired) electrons. The summed E-state index contributed by atoms with van der Waals surface area (Å²) in [6.07, 6.45) is -17.0. The third-order valence-electron chi connectivity index (χ3n) is 5.58. The number of ether oxygens (including phenoxy) is 3. The molecule has 13 heteroatoms. The number of phenols is 1. The van der Waals surface area contributed by atoms with Crippen molar-refractivity contribution in [2.24, 2.45) is 0 Å². The van der Waals surface area contributed by atoms with Gasteiger partial charge in [-0.3, -0.25) is 4.79 Å². The van der Waals surface area contributed by atoms with Crippen LogP contribution in [0, 0.1) is 0 Å². The number of hydrogen-bond acceptors (Lipinski definition) is 13. The molecule has 0 bridgehead atoms. The second-order valence-electron chi connectivity index (χ2n) is 7.63. The summed E-state index contributed by atoms with van der Waals surface area (Å²) in [5.41, 5.74) is -0.302. The van der Waals surface area contributed by atoms with Crippen LogP contribution in [0.5, 0.6) is 5.75 Å². The fraction of sp³-hybridized carbons (Fsp3) is 0.632. The van der Waals surface area contributed by atoms with Crippen molar-refractivity contribution in [3.05, 3.63) is 29.8 Å². The van der Waals surface area contributed by atoms with Gasteiger partial charge in [0.1, 0.15) is 61.2 Å². The zero-order chi connectivity index (χ0) is 23.8. The topological polar surface area (TPSA) is 227 Å². The van der Waals surface area contributed by atoms with Crippen molar-refractivity contribution in [2.45, 2.75) is 60.9 Å². The highest BCUT2D eigenvalue weighted by atomic mass is 16.8. The van der Waals surface area contributed by atoms with Crippen LogP contribution in [0.4, 0.5) is 0 Å². The third-order valence-corrected chi connectivity index (χ3v) is 5.58. The fourth-order valence-corrected chi connectivity index (χ4v) is 3.69. The van der Waals surface area contributed by atoms with Gasteiger partial charge in [0.25, 0.3) is 0 Å². The van der Waals surface area contributed by atoms with E-state index in [1.54, 1.807) is 0 Å². The number of aliphatic hydroxyl groups is 8. The maximum absolute atomic E-state index is 12.6. The van der Waals surface area contributed by atoms with E-state index in [1.807, 2.05) is 0 Å². The molecule has 2 saturated heterocycles. The normalized spacial score (nSPS) is 40.9. The van der Waals surface area contributed by atoms with E-state index < -0.39 is 85.7 Å². The van der Waals surface area contributed by atoms with Crippen LogP contribution in [0.25, 0.3) is 0 Å². The van der Waals surface area contributed by atoms with Crippen LogP contribution < -0.4 is 0 Å². The first-order valence-corrected chi connectivity index (χ1v) is 9.71. The Labute approximate surface area is 181 Å². The molecule has 2 fully saturated rings. The van der Waals surface area contributed by atoms with E-state index in [1.165, 1.54) is 24.3 Å². The molecule has 0 spiro atoms.